The van der Waals surface area contributed by atoms with Gasteiger partial charge in [-0.15, -0.1) is 12.6 Å². The summed E-state index contributed by atoms with van der Waals surface area (Å²) in [6.07, 6.45) is 0. The van der Waals surface area contributed by atoms with Crippen molar-refractivity contribution < 1.29 is 0 Å². The normalized spacial score (nSPS) is 12.6. The van der Waals surface area contributed by atoms with Crippen molar-refractivity contribution in [3.05, 3.63) is 99.5 Å². The molecular formula is C24H23NS. The minimum absolute atomic E-state index is 0.855. The fourth-order valence-corrected chi connectivity index (χ4v) is 4.00. The minimum atomic E-state index is 0.855. The van der Waals surface area contributed by atoms with Crippen LogP contribution in [0.15, 0.2) is 71.6 Å². The Morgan fingerprint density at radius 1 is 0.808 bits per heavy atom. The van der Waals surface area contributed by atoms with Gasteiger partial charge in [0.25, 0.3) is 0 Å². The first-order valence-electron chi connectivity index (χ1n) is 8.98. The third-order valence-corrected chi connectivity index (χ3v) is 5.43. The molecule has 1 aliphatic heterocycles. The highest BCUT2D eigenvalue weighted by atomic mass is 32.1. The summed E-state index contributed by atoms with van der Waals surface area (Å²) in [6, 6.07) is 24.0. The summed E-state index contributed by atoms with van der Waals surface area (Å²) in [6.45, 7) is 7.28. The molecule has 2 heteroatoms. The summed E-state index contributed by atoms with van der Waals surface area (Å²) >= 11 is 4.70. The molecular weight excluding hydrogens is 334 g/mol. The van der Waals surface area contributed by atoms with Crippen molar-refractivity contribution in [2.45, 2.75) is 27.3 Å². The van der Waals surface area contributed by atoms with E-state index in [1.165, 1.54) is 44.8 Å². The molecule has 0 spiro atoms. The number of rotatable bonds is 2. The van der Waals surface area contributed by atoms with E-state index >= 15 is 0 Å². The monoisotopic (exact) mass is 357 g/mol. The smallest absolute Gasteiger partial charge is 0.0494 e. The Labute approximate surface area is 161 Å². The molecule has 1 heterocycles. The van der Waals surface area contributed by atoms with E-state index in [-0.39, 0.29) is 0 Å². The molecule has 0 saturated carbocycles. The first kappa shape index (κ1) is 17.0. The van der Waals surface area contributed by atoms with E-state index in [1.54, 1.807) is 0 Å². The lowest BCUT2D eigenvalue weighted by atomic mass is 9.89. The van der Waals surface area contributed by atoms with E-state index in [2.05, 4.69) is 92.4 Å². The van der Waals surface area contributed by atoms with Crippen LogP contribution >= 0.6 is 12.6 Å². The van der Waals surface area contributed by atoms with E-state index < -0.39 is 0 Å². The number of anilines is 2. The first-order valence-corrected chi connectivity index (χ1v) is 9.43. The molecule has 0 radical (unpaired) electrons. The molecule has 3 aromatic carbocycles. The predicted octanol–water partition coefficient (Wildman–Crippen LogP) is 6.66. The lowest BCUT2D eigenvalue weighted by molar-refractivity contribution is 0.959. The quantitative estimate of drug-likeness (QED) is 0.502. The number of fused-ring (bicyclic) bond motifs is 2. The molecule has 4 rings (SSSR count). The van der Waals surface area contributed by atoms with E-state index in [4.69, 9.17) is 12.6 Å². The maximum absolute atomic E-state index is 4.70. The van der Waals surface area contributed by atoms with Crippen molar-refractivity contribution in [1.29, 1.82) is 0 Å². The highest BCUT2D eigenvalue weighted by molar-refractivity contribution is 7.84. The van der Waals surface area contributed by atoms with Crippen molar-refractivity contribution in [3.8, 4) is 0 Å². The lowest BCUT2D eigenvalue weighted by Gasteiger charge is -2.35. The van der Waals surface area contributed by atoms with Crippen molar-refractivity contribution in [1.82, 2.24) is 0 Å². The zero-order valence-corrected chi connectivity index (χ0v) is 16.3. The standard InChI is InChI=1S/C24H23NS/c1-16-12-13-19(14-17(16)2)15-25-22-10-6-4-8-20(22)24(18(3)26)21-9-5-7-11-23(21)25/h4-14,26H,15H2,1-3H3. The molecule has 0 aromatic heterocycles. The second kappa shape index (κ2) is 6.69. The number of nitrogens with zero attached hydrogens (tertiary/aromatic N) is 1. The zero-order chi connectivity index (χ0) is 18.3. The van der Waals surface area contributed by atoms with Crippen LogP contribution in [0.5, 0.6) is 0 Å². The van der Waals surface area contributed by atoms with Crippen LogP contribution in [-0.4, -0.2) is 0 Å². The van der Waals surface area contributed by atoms with Crippen molar-refractivity contribution in [2.75, 3.05) is 4.90 Å². The Hall–Kier alpha value is -2.45. The van der Waals surface area contributed by atoms with Crippen LogP contribution in [0.2, 0.25) is 0 Å². The highest BCUT2D eigenvalue weighted by Crippen LogP contribution is 2.47. The number of hydrogen-bond acceptors (Lipinski definition) is 2. The summed E-state index contributed by atoms with van der Waals surface area (Å²) in [7, 11) is 0. The van der Waals surface area contributed by atoms with Crippen molar-refractivity contribution >= 4 is 29.6 Å². The zero-order valence-electron chi connectivity index (χ0n) is 15.5. The van der Waals surface area contributed by atoms with Crippen LogP contribution < -0.4 is 4.90 Å². The van der Waals surface area contributed by atoms with E-state index in [0.717, 1.165) is 11.4 Å². The second-order valence-electron chi connectivity index (χ2n) is 7.00. The van der Waals surface area contributed by atoms with Gasteiger partial charge in [0, 0.05) is 34.6 Å². The number of allylic oxidation sites excluding steroid dienone is 1. The van der Waals surface area contributed by atoms with Gasteiger partial charge in [-0.1, -0.05) is 54.6 Å². The van der Waals surface area contributed by atoms with Gasteiger partial charge in [-0.25, -0.2) is 0 Å². The molecule has 0 atom stereocenters. The average Bonchev–Trinajstić information content (AvgIpc) is 2.64. The minimum Gasteiger partial charge on any atom is -0.336 e. The van der Waals surface area contributed by atoms with Gasteiger partial charge < -0.3 is 4.90 Å². The van der Waals surface area contributed by atoms with Crippen LogP contribution in [-0.2, 0) is 6.54 Å². The molecule has 0 saturated heterocycles. The van der Waals surface area contributed by atoms with Crippen LogP contribution in [0.25, 0.3) is 5.57 Å². The molecule has 1 nitrogen and oxygen atoms in total. The number of benzene rings is 3. The van der Waals surface area contributed by atoms with Crippen molar-refractivity contribution in [2.24, 2.45) is 0 Å². The first-order chi connectivity index (χ1) is 12.6. The largest absolute Gasteiger partial charge is 0.336 e. The van der Waals surface area contributed by atoms with E-state index in [9.17, 15) is 0 Å². The van der Waals surface area contributed by atoms with Gasteiger partial charge in [0.05, 0.1) is 0 Å². The van der Waals surface area contributed by atoms with Gasteiger partial charge in [0.2, 0.25) is 0 Å². The fourth-order valence-electron chi connectivity index (χ4n) is 3.76. The van der Waals surface area contributed by atoms with Gasteiger partial charge in [-0.2, -0.15) is 0 Å². The molecule has 130 valence electrons. The molecule has 26 heavy (non-hydrogen) atoms. The molecule has 0 N–H and O–H groups in total. The van der Waals surface area contributed by atoms with Crippen LogP contribution in [0.3, 0.4) is 0 Å². The molecule has 0 fully saturated rings. The van der Waals surface area contributed by atoms with E-state index in [0.29, 0.717) is 0 Å². The molecule has 0 bridgehead atoms. The van der Waals surface area contributed by atoms with E-state index in [1.807, 2.05) is 0 Å². The van der Waals surface area contributed by atoms with Gasteiger partial charge in [-0.3, -0.25) is 0 Å². The molecule has 1 aliphatic rings. The molecule has 0 aliphatic carbocycles. The Morgan fingerprint density at radius 3 is 1.92 bits per heavy atom. The Balaban J connectivity index is 1.89. The summed E-state index contributed by atoms with van der Waals surface area (Å²) in [5.41, 5.74) is 10.2. The third kappa shape index (κ3) is 2.85. The number of hydrogen-bond donors (Lipinski definition) is 1. The van der Waals surface area contributed by atoms with Gasteiger partial charge >= 0.3 is 0 Å². The topological polar surface area (TPSA) is 3.24 Å². The van der Waals surface area contributed by atoms with Crippen LogP contribution in [0.1, 0.15) is 34.7 Å². The highest BCUT2D eigenvalue weighted by Gasteiger charge is 2.26. The summed E-state index contributed by atoms with van der Waals surface area (Å²) in [5, 5.41) is 0. The van der Waals surface area contributed by atoms with Gasteiger partial charge in [0.15, 0.2) is 0 Å². The summed E-state index contributed by atoms with van der Waals surface area (Å²) in [4.78, 5) is 3.48. The number of thiol groups is 1. The lowest BCUT2D eigenvalue weighted by Crippen LogP contribution is -2.22. The summed E-state index contributed by atoms with van der Waals surface area (Å²) in [5.74, 6) is 0. The second-order valence-corrected chi connectivity index (χ2v) is 7.67. The predicted molar refractivity (Wildman–Crippen MR) is 115 cm³/mol. The third-order valence-electron chi connectivity index (χ3n) is 5.20. The number of para-hydroxylation sites is 2. The average molecular weight is 358 g/mol. The number of aryl methyl sites for hydroxylation is 2. The Morgan fingerprint density at radius 2 is 1.38 bits per heavy atom. The Kier molecular flexibility index (Phi) is 4.37. The maximum Gasteiger partial charge on any atom is 0.0494 e. The molecule has 0 amide bonds. The maximum atomic E-state index is 4.70. The fraction of sp³-hybridized carbons (Fsp3) is 0.167. The van der Waals surface area contributed by atoms with Gasteiger partial charge in [-0.05, 0) is 54.5 Å². The summed E-state index contributed by atoms with van der Waals surface area (Å²) < 4.78 is 0. The SMILES string of the molecule is CC(S)=C1c2ccccc2N(Cc2ccc(C)c(C)c2)c2ccccc21. The van der Waals surface area contributed by atoms with Crippen LogP contribution in [0.4, 0.5) is 11.4 Å². The van der Waals surface area contributed by atoms with Crippen LogP contribution in [0, 0.1) is 13.8 Å². The van der Waals surface area contributed by atoms with Crippen molar-refractivity contribution in [3.63, 3.8) is 0 Å². The molecule has 3 aromatic rings. The molecule has 0 unspecified atom stereocenters. The Bertz CT molecular complexity index is 963. The van der Waals surface area contributed by atoms with Gasteiger partial charge in [0.1, 0.15) is 0 Å².